The number of carbonyl (C=O) groups excluding carboxylic acids is 1. The summed E-state index contributed by atoms with van der Waals surface area (Å²) in [7, 11) is 1.55. The van der Waals surface area contributed by atoms with Crippen molar-refractivity contribution in [1.29, 1.82) is 0 Å². The molecular formula is C16H21N3O3S. The SMILES string of the molecule is COCC(=O)N1CCN(Cc2csc(-c3ccc(C)o3)n2)CC1. The van der Waals surface area contributed by atoms with Crippen molar-refractivity contribution in [3.05, 3.63) is 29.0 Å². The van der Waals surface area contributed by atoms with Gasteiger partial charge in [-0.3, -0.25) is 9.69 Å². The van der Waals surface area contributed by atoms with Gasteiger partial charge < -0.3 is 14.1 Å². The molecule has 6 nitrogen and oxygen atoms in total. The number of nitrogens with zero attached hydrogens (tertiary/aromatic N) is 3. The van der Waals surface area contributed by atoms with E-state index in [1.807, 2.05) is 24.0 Å². The van der Waals surface area contributed by atoms with Gasteiger partial charge >= 0.3 is 0 Å². The summed E-state index contributed by atoms with van der Waals surface area (Å²) in [4.78, 5) is 20.6. The number of thiazole rings is 1. The molecule has 23 heavy (non-hydrogen) atoms. The Bertz CT molecular complexity index is 659. The van der Waals surface area contributed by atoms with Gasteiger partial charge in [0.05, 0.1) is 5.69 Å². The average Bonchev–Trinajstić information content (AvgIpc) is 3.17. The summed E-state index contributed by atoms with van der Waals surface area (Å²) in [6.45, 7) is 6.13. The van der Waals surface area contributed by atoms with Gasteiger partial charge in [-0.15, -0.1) is 11.3 Å². The van der Waals surface area contributed by atoms with Crippen LogP contribution in [0.25, 0.3) is 10.8 Å². The molecule has 0 atom stereocenters. The van der Waals surface area contributed by atoms with Gasteiger partial charge in [0.1, 0.15) is 12.4 Å². The van der Waals surface area contributed by atoms with Crippen molar-refractivity contribution in [2.24, 2.45) is 0 Å². The van der Waals surface area contributed by atoms with E-state index < -0.39 is 0 Å². The molecule has 2 aromatic heterocycles. The molecule has 0 bridgehead atoms. The largest absolute Gasteiger partial charge is 0.459 e. The van der Waals surface area contributed by atoms with Gasteiger partial charge in [-0.05, 0) is 19.1 Å². The number of aromatic nitrogens is 1. The molecule has 0 saturated carbocycles. The van der Waals surface area contributed by atoms with Crippen LogP contribution in [0.4, 0.5) is 0 Å². The second-order valence-corrected chi connectivity index (χ2v) is 6.50. The van der Waals surface area contributed by atoms with Crippen molar-refractivity contribution >= 4 is 17.2 Å². The van der Waals surface area contributed by atoms with Crippen LogP contribution in [0, 0.1) is 6.92 Å². The van der Waals surface area contributed by atoms with Crippen molar-refractivity contribution in [2.45, 2.75) is 13.5 Å². The second-order valence-electron chi connectivity index (χ2n) is 5.64. The van der Waals surface area contributed by atoms with Gasteiger partial charge in [-0.2, -0.15) is 0 Å². The summed E-state index contributed by atoms with van der Waals surface area (Å²) in [5.41, 5.74) is 1.05. The Labute approximate surface area is 139 Å². The number of piperazine rings is 1. The lowest BCUT2D eigenvalue weighted by Gasteiger charge is -2.34. The normalized spacial score (nSPS) is 16.0. The second kappa shape index (κ2) is 7.25. The molecule has 1 aliphatic rings. The van der Waals surface area contributed by atoms with E-state index in [4.69, 9.17) is 9.15 Å². The maximum atomic E-state index is 11.8. The first-order chi connectivity index (χ1) is 11.2. The number of hydrogen-bond donors (Lipinski definition) is 0. The highest BCUT2D eigenvalue weighted by Crippen LogP contribution is 2.26. The van der Waals surface area contributed by atoms with Gasteiger partial charge in [-0.25, -0.2) is 4.98 Å². The Hall–Kier alpha value is -1.70. The minimum Gasteiger partial charge on any atom is -0.459 e. The standard InChI is InChI=1S/C16H21N3O3S/c1-12-3-4-14(22-12)16-17-13(11-23-16)9-18-5-7-19(8-6-18)15(20)10-21-2/h3-4,11H,5-10H2,1-2H3. The fraction of sp³-hybridized carbons (Fsp3) is 0.500. The predicted molar refractivity (Wildman–Crippen MR) is 88.3 cm³/mol. The van der Waals surface area contributed by atoms with E-state index in [0.717, 1.165) is 54.9 Å². The Morgan fingerprint density at radius 1 is 1.35 bits per heavy atom. The van der Waals surface area contributed by atoms with Crippen LogP contribution < -0.4 is 0 Å². The fourth-order valence-corrected chi connectivity index (χ4v) is 3.41. The molecule has 1 aliphatic heterocycles. The summed E-state index contributed by atoms with van der Waals surface area (Å²) >= 11 is 1.60. The molecule has 7 heteroatoms. The highest BCUT2D eigenvalue weighted by molar-refractivity contribution is 7.13. The number of furan rings is 1. The van der Waals surface area contributed by atoms with E-state index in [2.05, 4.69) is 15.3 Å². The molecular weight excluding hydrogens is 314 g/mol. The third kappa shape index (κ3) is 3.99. The average molecular weight is 335 g/mol. The van der Waals surface area contributed by atoms with Crippen LogP contribution in [0.2, 0.25) is 0 Å². The maximum absolute atomic E-state index is 11.8. The van der Waals surface area contributed by atoms with Crippen molar-refractivity contribution in [3.8, 4) is 10.8 Å². The first-order valence-electron chi connectivity index (χ1n) is 7.66. The van der Waals surface area contributed by atoms with E-state index in [1.165, 1.54) is 0 Å². The monoisotopic (exact) mass is 335 g/mol. The number of carbonyl (C=O) groups is 1. The number of amides is 1. The first kappa shape index (κ1) is 16.2. The molecule has 124 valence electrons. The van der Waals surface area contributed by atoms with Crippen LogP contribution in [-0.2, 0) is 16.1 Å². The van der Waals surface area contributed by atoms with E-state index >= 15 is 0 Å². The van der Waals surface area contributed by atoms with E-state index in [-0.39, 0.29) is 12.5 Å². The van der Waals surface area contributed by atoms with E-state index in [0.29, 0.717) is 0 Å². The summed E-state index contributed by atoms with van der Waals surface area (Å²) in [6.07, 6.45) is 0. The van der Waals surface area contributed by atoms with Crippen molar-refractivity contribution < 1.29 is 13.9 Å². The number of hydrogen-bond acceptors (Lipinski definition) is 6. The molecule has 2 aromatic rings. The third-order valence-corrected chi connectivity index (χ3v) is 4.79. The Morgan fingerprint density at radius 3 is 2.78 bits per heavy atom. The quantitative estimate of drug-likeness (QED) is 0.836. The molecule has 0 N–H and O–H groups in total. The van der Waals surface area contributed by atoms with Gasteiger partial charge in [0.15, 0.2) is 10.8 Å². The molecule has 1 amide bonds. The van der Waals surface area contributed by atoms with Crippen LogP contribution in [-0.4, -0.2) is 60.6 Å². The topological polar surface area (TPSA) is 58.8 Å². The zero-order valence-electron chi connectivity index (χ0n) is 13.4. The molecule has 3 heterocycles. The summed E-state index contributed by atoms with van der Waals surface area (Å²) in [5, 5.41) is 3.00. The summed E-state index contributed by atoms with van der Waals surface area (Å²) in [5.74, 6) is 1.79. The maximum Gasteiger partial charge on any atom is 0.248 e. The third-order valence-electron chi connectivity index (χ3n) is 3.88. The van der Waals surface area contributed by atoms with Crippen molar-refractivity contribution in [3.63, 3.8) is 0 Å². The van der Waals surface area contributed by atoms with E-state index in [1.54, 1.807) is 18.4 Å². The lowest BCUT2D eigenvalue weighted by molar-refractivity contribution is -0.136. The zero-order chi connectivity index (χ0) is 16.2. The smallest absolute Gasteiger partial charge is 0.248 e. The van der Waals surface area contributed by atoms with Gasteiger partial charge in [0.25, 0.3) is 0 Å². The lowest BCUT2D eigenvalue weighted by Crippen LogP contribution is -2.49. The highest BCUT2D eigenvalue weighted by atomic mass is 32.1. The van der Waals surface area contributed by atoms with Gasteiger partial charge in [0.2, 0.25) is 5.91 Å². The van der Waals surface area contributed by atoms with Crippen LogP contribution in [0.5, 0.6) is 0 Å². The van der Waals surface area contributed by atoms with Gasteiger partial charge in [-0.1, -0.05) is 0 Å². The highest BCUT2D eigenvalue weighted by Gasteiger charge is 2.21. The predicted octanol–water partition coefficient (Wildman–Crippen LogP) is 2.00. The molecule has 0 spiro atoms. The van der Waals surface area contributed by atoms with Crippen LogP contribution in [0.3, 0.4) is 0 Å². The van der Waals surface area contributed by atoms with Crippen molar-refractivity contribution in [1.82, 2.24) is 14.8 Å². The van der Waals surface area contributed by atoms with Crippen molar-refractivity contribution in [2.75, 3.05) is 39.9 Å². The molecule has 0 radical (unpaired) electrons. The molecule has 0 aliphatic carbocycles. The molecule has 1 fully saturated rings. The summed E-state index contributed by atoms with van der Waals surface area (Å²) < 4.78 is 10.5. The van der Waals surface area contributed by atoms with Crippen LogP contribution >= 0.6 is 11.3 Å². The number of ether oxygens (including phenoxy) is 1. The Balaban J connectivity index is 1.53. The molecule has 0 unspecified atom stereocenters. The molecule has 0 aromatic carbocycles. The number of methoxy groups -OCH3 is 1. The lowest BCUT2D eigenvalue weighted by atomic mass is 10.3. The molecule has 3 rings (SSSR count). The van der Waals surface area contributed by atoms with Crippen LogP contribution in [0.1, 0.15) is 11.5 Å². The van der Waals surface area contributed by atoms with Gasteiger partial charge in [0, 0.05) is 45.2 Å². The minimum absolute atomic E-state index is 0.0660. The Kier molecular flexibility index (Phi) is 5.09. The number of rotatable bonds is 5. The summed E-state index contributed by atoms with van der Waals surface area (Å²) in [6, 6.07) is 3.91. The first-order valence-corrected chi connectivity index (χ1v) is 8.54. The number of aryl methyl sites for hydroxylation is 1. The Morgan fingerprint density at radius 2 is 2.13 bits per heavy atom. The fourth-order valence-electron chi connectivity index (χ4n) is 2.64. The molecule has 1 saturated heterocycles. The van der Waals surface area contributed by atoms with E-state index in [9.17, 15) is 4.79 Å². The minimum atomic E-state index is 0.0660. The van der Waals surface area contributed by atoms with Crippen LogP contribution in [0.15, 0.2) is 21.9 Å². The zero-order valence-corrected chi connectivity index (χ0v) is 14.3.